The second-order valence-electron chi connectivity index (χ2n) is 5.56. The smallest absolute Gasteiger partial charge is 0.227 e. The first-order chi connectivity index (χ1) is 10.4. The lowest BCUT2D eigenvalue weighted by Crippen LogP contribution is -2.37. The topological polar surface area (TPSA) is 83.9 Å². The molecule has 1 aromatic carbocycles. The van der Waals surface area contributed by atoms with Crippen molar-refractivity contribution < 1.29 is 23.1 Å². The maximum Gasteiger partial charge on any atom is 0.227 e. The minimum Gasteiger partial charge on any atom is -0.396 e. The van der Waals surface area contributed by atoms with Crippen molar-refractivity contribution in [3.8, 4) is 0 Å². The fourth-order valence-electron chi connectivity index (χ4n) is 2.36. The molecular weight excluding hydrogens is 306 g/mol. The van der Waals surface area contributed by atoms with Gasteiger partial charge in [-0.2, -0.15) is 0 Å². The van der Waals surface area contributed by atoms with Gasteiger partial charge >= 0.3 is 0 Å². The van der Waals surface area contributed by atoms with Gasteiger partial charge in [0.1, 0.15) is 0 Å². The zero-order valence-corrected chi connectivity index (χ0v) is 13.4. The van der Waals surface area contributed by atoms with Crippen LogP contribution in [0.2, 0.25) is 0 Å². The number of carbonyl (C=O) groups is 1. The number of amides is 1. The molecule has 1 fully saturated rings. The number of hydrogen-bond donors (Lipinski definition) is 1. The maximum absolute atomic E-state index is 12.3. The summed E-state index contributed by atoms with van der Waals surface area (Å²) in [6, 6.07) is 6.35. The lowest BCUT2D eigenvalue weighted by Gasteiger charge is -2.22. The molecule has 7 heteroatoms. The van der Waals surface area contributed by atoms with Crippen molar-refractivity contribution in [3.63, 3.8) is 0 Å². The Hall–Kier alpha value is -1.44. The van der Waals surface area contributed by atoms with Crippen LogP contribution < -0.4 is 0 Å². The maximum atomic E-state index is 12.3. The van der Waals surface area contributed by atoms with Gasteiger partial charge in [-0.05, 0) is 17.7 Å². The summed E-state index contributed by atoms with van der Waals surface area (Å²) in [5.41, 5.74) is 0.767. The predicted molar refractivity (Wildman–Crippen MR) is 81.2 cm³/mol. The number of aliphatic hydroxyl groups excluding tert-OH is 1. The predicted octanol–water partition coefficient (Wildman–Crippen LogP) is 0.0999. The number of rotatable bonds is 4. The van der Waals surface area contributed by atoms with Gasteiger partial charge in [0, 0.05) is 31.9 Å². The number of carbonyl (C=O) groups excluding carboxylic acids is 1. The summed E-state index contributed by atoms with van der Waals surface area (Å²) in [5.74, 6) is -0.102. The Morgan fingerprint density at radius 1 is 1.36 bits per heavy atom. The highest BCUT2D eigenvalue weighted by atomic mass is 32.2. The highest BCUT2D eigenvalue weighted by molar-refractivity contribution is 7.90. The number of hydrogen-bond acceptors (Lipinski definition) is 5. The summed E-state index contributed by atoms with van der Waals surface area (Å²) in [6.07, 6.45) is 1.36. The minimum atomic E-state index is -3.22. The first kappa shape index (κ1) is 16.9. The monoisotopic (exact) mass is 327 g/mol. The minimum absolute atomic E-state index is 0.00711. The number of ether oxygens (including phenoxy) is 1. The average Bonchev–Trinajstić information content (AvgIpc) is 2.72. The quantitative estimate of drug-likeness (QED) is 0.848. The Labute approximate surface area is 130 Å². The summed E-state index contributed by atoms with van der Waals surface area (Å²) in [6.45, 7) is 1.92. The highest BCUT2D eigenvalue weighted by Crippen LogP contribution is 2.13. The fourth-order valence-corrected chi connectivity index (χ4v) is 2.99. The van der Waals surface area contributed by atoms with Crippen LogP contribution in [0.4, 0.5) is 0 Å². The molecule has 0 radical (unpaired) electrons. The molecule has 1 amide bonds. The molecular formula is C15H21NO5S. The Morgan fingerprint density at radius 3 is 2.64 bits per heavy atom. The molecule has 22 heavy (non-hydrogen) atoms. The van der Waals surface area contributed by atoms with Crippen molar-refractivity contribution in [2.75, 3.05) is 39.2 Å². The zero-order chi connectivity index (χ0) is 16.2. The van der Waals surface area contributed by atoms with E-state index in [1.807, 2.05) is 0 Å². The van der Waals surface area contributed by atoms with Crippen LogP contribution in [0, 0.1) is 5.92 Å². The molecule has 0 aliphatic carbocycles. The molecule has 122 valence electrons. The van der Waals surface area contributed by atoms with E-state index in [9.17, 15) is 18.3 Å². The Balaban J connectivity index is 2.01. The third-order valence-corrected chi connectivity index (χ3v) is 4.78. The first-order valence-corrected chi connectivity index (χ1v) is 9.04. The van der Waals surface area contributed by atoms with Gasteiger partial charge in [0.05, 0.1) is 24.5 Å². The zero-order valence-electron chi connectivity index (χ0n) is 12.6. The van der Waals surface area contributed by atoms with E-state index < -0.39 is 9.84 Å². The number of sulfone groups is 1. The molecule has 0 aromatic heterocycles. The standard InChI is InChI=1S/C15H21NO5S/c1-22(19,20)14-4-2-12(3-5-14)8-15(18)16-6-7-21-11-13(9-16)10-17/h2-5,13,17H,6-11H2,1H3/t13-/m1/s1. The lowest BCUT2D eigenvalue weighted by atomic mass is 10.1. The van der Waals surface area contributed by atoms with Crippen LogP contribution in [0.1, 0.15) is 5.56 Å². The van der Waals surface area contributed by atoms with Gasteiger partial charge < -0.3 is 14.7 Å². The van der Waals surface area contributed by atoms with Crippen LogP contribution in [0.3, 0.4) is 0 Å². The molecule has 1 aliphatic rings. The fraction of sp³-hybridized carbons (Fsp3) is 0.533. The Kier molecular flexibility index (Phi) is 5.55. The third-order valence-electron chi connectivity index (χ3n) is 3.66. The number of aliphatic hydroxyl groups is 1. The highest BCUT2D eigenvalue weighted by Gasteiger charge is 2.22. The first-order valence-electron chi connectivity index (χ1n) is 7.15. The molecule has 1 saturated heterocycles. The van der Waals surface area contributed by atoms with Gasteiger partial charge in [0.15, 0.2) is 9.84 Å². The molecule has 1 atom stereocenters. The van der Waals surface area contributed by atoms with E-state index in [1.165, 1.54) is 12.1 Å². The summed E-state index contributed by atoms with van der Waals surface area (Å²) >= 11 is 0. The second-order valence-corrected chi connectivity index (χ2v) is 7.57. The largest absolute Gasteiger partial charge is 0.396 e. The van der Waals surface area contributed by atoms with Crippen LogP contribution in [-0.4, -0.2) is 63.5 Å². The van der Waals surface area contributed by atoms with Gasteiger partial charge in [-0.1, -0.05) is 12.1 Å². The van der Waals surface area contributed by atoms with Crippen LogP contribution in [0.5, 0.6) is 0 Å². The van der Waals surface area contributed by atoms with E-state index in [0.717, 1.165) is 11.8 Å². The van der Waals surface area contributed by atoms with Gasteiger partial charge in [0.25, 0.3) is 0 Å². The van der Waals surface area contributed by atoms with Gasteiger partial charge in [0.2, 0.25) is 5.91 Å². The Morgan fingerprint density at radius 2 is 2.05 bits per heavy atom. The van der Waals surface area contributed by atoms with Crippen molar-refractivity contribution in [2.45, 2.75) is 11.3 Å². The third kappa shape index (κ3) is 4.53. The average molecular weight is 327 g/mol. The van der Waals surface area contributed by atoms with Crippen LogP contribution in [0.15, 0.2) is 29.2 Å². The van der Waals surface area contributed by atoms with Crippen LogP contribution >= 0.6 is 0 Å². The van der Waals surface area contributed by atoms with Gasteiger partial charge in [-0.3, -0.25) is 4.79 Å². The van der Waals surface area contributed by atoms with Crippen molar-refractivity contribution in [3.05, 3.63) is 29.8 Å². The van der Waals surface area contributed by atoms with Crippen molar-refractivity contribution in [1.29, 1.82) is 0 Å². The SMILES string of the molecule is CS(=O)(=O)c1ccc(CC(=O)N2CCOC[C@@H](CO)C2)cc1. The summed E-state index contributed by atoms with van der Waals surface area (Å²) in [5, 5.41) is 9.24. The van der Waals surface area contributed by atoms with Crippen molar-refractivity contribution in [2.24, 2.45) is 5.92 Å². The van der Waals surface area contributed by atoms with E-state index in [1.54, 1.807) is 17.0 Å². The van der Waals surface area contributed by atoms with E-state index >= 15 is 0 Å². The summed E-state index contributed by atoms with van der Waals surface area (Å²) in [7, 11) is -3.22. The molecule has 1 heterocycles. The lowest BCUT2D eigenvalue weighted by molar-refractivity contribution is -0.131. The van der Waals surface area contributed by atoms with Crippen LogP contribution in [0.25, 0.3) is 0 Å². The molecule has 0 unspecified atom stereocenters. The molecule has 0 saturated carbocycles. The van der Waals surface area contributed by atoms with Crippen molar-refractivity contribution >= 4 is 15.7 Å². The molecule has 1 aliphatic heterocycles. The normalized spacial score (nSPS) is 19.7. The second kappa shape index (κ2) is 7.21. The molecule has 6 nitrogen and oxygen atoms in total. The number of benzene rings is 1. The van der Waals surface area contributed by atoms with E-state index in [2.05, 4.69) is 0 Å². The molecule has 2 rings (SSSR count). The summed E-state index contributed by atoms with van der Waals surface area (Å²) in [4.78, 5) is 14.3. The van der Waals surface area contributed by atoms with E-state index in [-0.39, 0.29) is 29.7 Å². The number of nitrogens with zero attached hydrogens (tertiary/aromatic N) is 1. The summed E-state index contributed by atoms with van der Waals surface area (Å²) < 4.78 is 28.2. The molecule has 0 spiro atoms. The van der Waals surface area contributed by atoms with Crippen LogP contribution in [-0.2, 0) is 25.8 Å². The van der Waals surface area contributed by atoms with Gasteiger partial charge in [-0.25, -0.2) is 8.42 Å². The van der Waals surface area contributed by atoms with E-state index in [4.69, 9.17) is 4.74 Å². The van der Waals surface area contributed by atoms with Gasteiger partial charge in [-0.15, -0.1) is 0 Å². The van der Waals surface area contributed by atoms with E-state index in [0.29, 0.717) is 26.3 Å². The molecule has 0 bridgehead atoms. The molecule has 1 aromatic rings. The van der Waals surface area contributed by atoms with Crippen molar-refractivity contribution in [1.82, 2.24) is 4.90 Å². The Bertz CT molecular complexity index is 611. The molecule has 1 N–H and O–H groups in total.